The van der Waals surface area contributed by atoms with Gasteiger partial charge >= 0.3 is 0 Å². The fourth-order valence-corrected chi connectivity index (χ4v) is 2.42. The quantitative estimate of drug-likeness (QED) is 0.759. The van der Waals surface area contributed by atoms with E-state index in [0.717, 1.165) is 22.6 Å². The zero-order valence-electron chi connectivity index (χ0n) is 13.5. The van der Waals surface area contributed by atoms with E-state index in [1.54, 1.807) is 12.5 Å². The lowest BCUT2D eigenvalue weighted by atomic mass is 10.1. The predicted octanol–water partition coefficient (Wildman–Crippen LogP) is 2.88. The van der Waals surface area contributed by atoms with Crippen LogP contribution in [0.25, 0.3) is 5.69 Å². The van der Waals surface area contributed by atoms with Crippen molar-refractivity contribution >= 4 is 5.91 Å². The van der Waals surface area contributed by atoms with E-state index in [4.69, 9.17) is 4.74 Å². The molecule has 0 atom stereocenters. The number of rotatable bonds is 6. The van der Waals surface area contributed by atoms with Crippen LogP contribution in [0.3, 0.4) is 0 Å². The number of hydrogen-bond acceptors (Lipinski definition) is 3. The summed E-state index contributed by atoms with van der Waals surface area (Å²) in [5, 5.41) is 2.89. The number of nitrogens with one attached hydrogen (secondary N) is 1. The summed E-state index contributed by atoms with van der Waals surface area (Å²) >= 11 is 0. The lowest BCUT2D eigenvalue weighted by molar-refractivity contribution is -0.123. The molecule has 0 radical (unpaired) electrons. The van der Waals surface area contributed by atoms with Gasteiger partial charge in [-0.1, -0.05) is 36.4 Å². The van der Waals surface area contributed by atoms with Crippen LogP contribution in [0.2, 0.25) is 0 Å². The SMILES string of the molecule is Cc1ccccc1OCC(=O)NCc1ccccc1-n1ccnc1. The minimum absolute atomic E-state index is 0.00189. The first-order valence-corrected chi connectivity index (χ1v) is 7.75. The molecule has 0 aliphatic carbocycles. The first-order valence-electron chi connectivity index (χ1n) is 7.75. The van der Waals surface area contributed by atoms with Crippen LogP contribution in [-0.2, 0) is 11.3 Å². The number of aromatic nitrogens is 2. The zero-order chi connectivity index (χ0) is 16.8. The van der Waals surface area contributed by atoms with E-state index in [0.29, 0.717) is 6.54 Å². The molecule has 0 bridgehead atoms. The first-order chi connectivity index (χ1) is 11.7. The average Bonchev–Trinajstić information content (AvgIpc) is 3.14. The largest absolute Gasteiger partial charge is 0.484 e. The second-order valence-electron chi connectivity index (χ2n) is 5.43. The molecule has 0 fully saturated rings. The molecule has 0 aliphatic rings. The van der Waals surface area contributed by atoms with Gasteiger partial charge in [0.2, 0.25) is 0 Å². The van der Waals surface area contributed by atoms with Crippen LogP contribution in [0.5, 0.6) is 5.75 Å². The van der Waals surface area contributed by atoms with Crippen molar-refractivity contribution in [2.24, 2.45) is 0 Å². The lowest BCUT2D eigenvalue weighted by Gasteiger charge is -2.12. The molecule has 0 unspecified atom stereocenters. The predicted molar refractivity (Wildman–Crippen MR) is 92.1 cm³/mol. The van der Waals surface area contributed by atoms with Crippen LogP contribution >= 0.6 is 0 Å². The van der Waals surface area contributed by atoms with E-state index in [1.165, 1.54) is 0 Å². The van der Waals surface area contributed by atoms with Crippen LogP contribution in [0.4, 0.5) is 0 Å². The molecule has 2 aromatic carbocycles. The van der Waals surface area contributed by atoms with Crippen LogP contribution in [0, 0.1) is 6.92 Å². The number of para-hydroxylation sites is 2. The van der Waals surface area contributed by atoms with E-state index in [1.807, 2.05) is 66.2 Å². The fraction of sp³-hybridized carbons (Fsp3) is 0.158. The van der Waals surface area contributed by atoms with E-state index in [-0.39, 0.29) is 12.5 Å². The molecule has 3 aromatic rings. The molecule has 1 N–H and O–H groups in total. The van der Waals surface area contributed by atoms with Gasteiger partial charge in [-0.3, -0.25) is 4.79 Å². The minimum atomic E-state index is -0.154. The number of hydrogen-bond donors (Lipinski definition) is 1. The third-order valence-electron chi connectivity index (χ3n) is 3.70. The van der Waals surface area contributed by atoms with Crippen molar-refractivity contribution in [2.75, 3.05) is 6.61 Å². The molecular weight excluding hydrogens is 302 g/mol. The molecule has 0 aliphatic heterocycles. The van der Waals surface area contributed by atoms with Crippen molar-refractivity contribution < 1.29 is 9.53 Å². The van der Waals surface area contributed by atoms with Gasteiger partial charge in [-0.25, -0.2) is 4.98 Å². The third-order valence-corrected chi connectivity index (χ3v) is 3.70. The van der Waals surface area contributed by atoms with Crippen LogP contribution in [0.1, 0.15) is 11.1 Å². The maximum Gasteiger partial charge on any atom is 0.258 e. The Kier molecular flexibility index (Phi) is 4.91. The molecule has 0 spiro atoms. The molecule has 1 amide bonds. The van der Waals surface area contributed by atoms with Gasteiger partial charge in [0.05, 0.1) is 12.0 Å². The number of ether oxygens (including phenoxy) is 1. The summed E-state index contributed by atoms with van der Waals surface area (Å²) < 4.78 is 7.48. The Hall–Kier alpha value is -3.08. The molecule has 5 heteroatoms. The highest BCUT2D eigenvalue weighted by atomic mass is 16.5. The molecule has 24 heavy (non-hydrogen) atoms. The van der Waals surface area contributed by atoms with Gasteiger partial charge in [0.1, 0.15) is 5.75 Å². The van der Waals surface area contributed by atoms with E-state index in [9.17, 15) is 4.79 Å². The number of aryl methyl sites for hydroxylation is 1. The smallest absolute Gasteiger partial charge is 0.258 e. The number of nitrogens with zero attached hydrogens (tertiary/aromatic N) is 2. The van der Waals surface area contributed by atoms with Crippen LogP contribution < -0.4 is 10.1 Å². The number of carbonyl (C=O) groups excluding carboxylic acids is 1. The molecule has 5 nitrogen and oxygen atoms in total. The Bertz CT molecular complexity index is 813. The molecule has 3 rings (SSSR count). The molecule has 1 aromatic heterocycles. The second-order valence-corrected chi connectivity index (χ2v) is 5.43. The maximum absolute atomic E-state index is 12.0. The van der Waals surface area contributed by atoms with E-state index >= 15 is 0 Å². The Morgan fingerprint density at radius 1 is 1.17 bits per heavy atom. The summed E-state index contributed by atoms with van der Waals surface area (Å²) in [4.78, 5) is 16.1. The number of benzene rings is 2. The van der Waals surface area contributed by atoms with Gasteiger partial charge < -0.3 is 14.6 Å². The minimum Gasteiger partial charge on any atom is -0.484 e. The Labute approximate surface area is 140 Å². The van der Waals surface area contributed by atoms with Gasteiger partial charge in [-0.2, -0.15) is 0 Å². The summed E-state index contributed by atoms with van der Waals surface area (Å²) in [5.74, 6) is 0.574. The highest BCUT2D eigenvalue weighted by Crippen LogP contribution is 2.16. The van der Waals surface area contributed by atoms with Gasteiger partial charge in [0, 0.05) is 18.9 Å². The zero-order valence-corrected chi connectivity index (χ0v) is 13.5. The normalized spacial score (nSPS) is 10.4. The Balaban J connectivity index is 1.58. The summed E-state index contributed by atoms with van der Waals surface area (Å²) in [6.07, 6.45) is 5.34. The maximum atomic E-state index is 12.0. The molecule has 122 valence electrons. The summed E-state index contributed by atoms with van der Waals surface area (Å²) in [6, 6.07) is 15.5. The van der Waals surface area contributed by atoms with Gasteiger partial charge in [0.25, 0.3) is 5.91 Å². The summed E-state index contributed by atoms with van der Waals surface area (Å²) in [6.45, 7) is 2.39. The first kappa shape index (κ1) is 15.8. The number of imidazole rings is 1. The molecule has 0 saturated carbocycles. The Morgan fingerprint density at radius 3 is 2.75 bits per heavy atom. The van der Waals surface area contributed by atoms with Crippen molar-refractivity contribution in [3.05, 3.63) is 78.4 Å². The summed E-state index contributed by atoms with van der Waals surface area (Å²) in [7, 11) is 0. The monoisotopic (exact) mass is 321 g/mol. The molecule has 0 saturated heterocycles. The van der Waals surface area contributed by atoms with Crippen molar-refractivity contribution in [3.8, 4) is 11.4 Å². The van der Waals surface area contributed by atoms with Gasteiger partial charge in [-0.15, -0.1) is 0 Å². The van der Waals surface area contributed by atoms with Crippen molar-refractivity contribution in [2.45, 2.75) is 13.5 Å². The van der Waals surface area contributed by atoms with Crippen molar-refractivity contribution in [1.29, 1.82) is 0 Å². The number of amides is 1. The van der Waals surface area contributed by atoms with Gasteiger partial charge in [-0.05, 0) is 30.2 Å². The lowest BCUT2D eigenvalue weighted by Crippen LogP contribution is -2.28. The van der Waals surface area contributed by atoms with E-state index in [2.05, 4.69) is 10.3 Å². The highest BCUT2D eigenvalue weighted by Gasteiger charge is 2.07. The second kappa shape index (κ2) is 7.46. The number of carbonyl (C=O) groups is 1. The Morgan fingerprint density at radius 2 is 1.96 bits per heavy atom. The third kappa shape index (κ3) is 3.81. The topological polar surface area (TPSA) is 56.1 Å². The standard InChI is InChI=1S/C19H19N3O2/c1-15-6-2-5-9-18(15)24-13-19(23)21-12-16-7-3-4-8-17(16)22-11-10-20-14-22/h2-11,14H,12-13H2,1H3,(H,21,23). The average molecular weight is 321 g/mol. The van der Waals surface area contributed by atoms with Crippen molar-refractivity contribution in [3.63, 3.8) is 0 Å². The molecular formula is C19H19N3O2. The van der Waals surface area contributed by atoms with Crippen molar-refractivity contribution in [1.82, 2.24) is 14.9 Å². The highest BCUT2D eigenvalue weighted by molar-refractivity contribution is 5.77. The van der Waals surface area contributed by atoms with E-state index < -0.39 is 0 Å². The van der Waals surface area contributed by atoms with Gasteiger partial charge in [0.15, 0.2) is 6.61 Å². The fourth-order valence-electron chi connectivity index (χ4n) is 2.42. The van der Waals surface area contributed by atoms with Crippen LogP contribution in [0.15, 0.2) is 67.3 Å². The molecule has 1 heterocycles. The van der Waals surface area contributed by atoms with Crippen LogP contribution in [-0.4, -0.2) is 22.1 Å². The summed E-state index contributed by atoms with van der Waals surface area (Å²) in [5.41, 5.74) is 3.02.